The molecule has 0 saturated heterocycles. The maximum atomic E-state index is 11.4. The lowest BCUT2D eigenvalue weighted by atomic mass is 10.1. The summed E-state index contributed by atoms with van der Waals surface area (Å²) in [6, 6.07) is 9.99. The van der Waals surface area contributed by atoms with E-state index in [-0.39, 0.29) is 5.97 Å². The van der Waals surface area contributed by atoms with Gasteiger partial charge in [0.25, 0.3) is 0 Å². The van der Waals surface area contributed by atoms with Gasteiger partial charge in [-0.2, -0.15) is 0 Å². The lowest BCUT2D eigenvalue weighted by molar-refractivity contribution is 0.0594. The molecule has 0 bridgehead atoms. The second kappa shape index (κ2) is 4.90. The van der Waals surface area contributed by atoms with Crippen LogP contribution in [0, 0.1) is 0 Å². The third-order valence-electron chi connectivity index (χ3n) is 2.23. The van der Waals surface area contributed by atoms with Crippen molar-refractivity contribution in [3.63, 3.8) is 0 Å². The number of carbonyl (C=O) groups is 1. The van der Waals surface area contributed by atoms with E-state index in [1.807, 2.05) is 30.3 Å². The van der Waals surface area contributed by atoms with Gasteiger partial charge in [0.1, 0.15) is 0 Å². The summed E-state index contributed by atoms with van der Waals surface area (Å²) in [5.74, 6) is -0.368. The molecule has 0 spiro atoms. The number of rotatable bonds is 3. The largest absolute Gasteiger partial charge is 0.464 e. The molecular weight excluding hydrogens is 222 g/mol. The van der Waals surface area contributed by atoms with E-state index < -0.39 is 0 Å². The summed E-state index contributed by atoms with van der Waals surface area (Å²) in [4.78, 5) is 16.4. The second-order valence-corrected chi connectivity index (χ2v) is 4.22. The summed E-state index contributed by atoms with van der Waals surface area (Å²) < 4.78 is 4.68. The Morgan fingerprint density at radius 2 is 2.12 bits per heavy atom. The van der Waals surface area contributed by atoms with E-state index in [0.717, 1.165) is 16.9 Å². The number of ether oxygens (including phenoxy) is 1. The van der Waals surface area contributed by atoms with Crippen LogP contribution in [0.15, 0.2) is 35.8 Å². The Morgan fingerprint density at radius 3 is 2.81 bits per heavy atom. The Labute approximate surface area is 97.7 Å². The Bertz CT molecular complexity index is 479. The monoisotopic (exact) mass is 233 g/mol. The van der Waals surface area contributed by atoms with E-state index in [1.165, 1.54) is 18.4 Å². The first-order valence-electron chi connectivity index (χ1n) is 4.86. The number of benzene rings is 1. The molecule has 1 heterocycles. The van der Waals surface area contributed by atoms with Crippen LogP contribution in [0.3, 0.4) is 0 Å². The third kappa shape index (κ3) is 2.28. The quantitative estimate of drug-likeness (QED) is 0.765. The summed E-state index contributed by atoms with van der Waals surface area (Å²) in [5, 5.41) is 0. The number of aromatic nitrogens is 1. The molecule has 3 nitrogen and oxygen atoms in total. The molecule has 82 valence electrons. The highest BCUT2D eigenvalue weighted by atomic mass is 32.1. The van der Waals surface area contributed by atoms with E-state index in [0.29, 0.717) is 5.69 Å². The fourth-order valence-corrected chi connectivity index (χ4v) is 2.22. The first-order valence-corrected chi connectivity index (χ1v) is 5.74. The molecule has 0 aliphatic heterocycles. The molecule has 2 aromatic rings. The van der Waals surface area contributed by atoms with Crippen LogP contribution in [0.5, 0.6) is 0 Å². The standard InChI is InChI=1S/C12H11NO2S/c1-15-12(14)11-10(16-8-13-11)7-9-5-3-2-4-6-9/h2-6,8H,7H2,1H3. The SMILES string of the molecule is COC(=O)c1ncsc1Cc1ccccc1. The van der Waals surface area contributed by atoms with E-state index in [4.69, 9.17) is 0 Å². The van der Waals surface area contributed by atoms with Crippen LogP contribution in [0.2, 0.25) is 0 Å². The Morgan fingerprint density at radius 1 is 1.38 bits per heavy atom. The topological polar surface area (TPSA) is 39.2 Å². The Balaban J connectivity index is 2.22. The lowest BCUT2D eigenvalue weighted by Crippen LogP contribution is -2.04. The number of methoxy groups -OCH3 is 1. The average molecular weight is 233 g/mol. The fourth-order valence-electron chi connectivity index (χ4n) is 1.44. The van der Waals surface area contributed by atoms with Gasteiger partial charge in [0.15, 0.2) is 5.69 Å². The molecule has 0 atom stereocenters. The molecule has 0 aliphatic rings. The van der Waals surface area contributed by atoms with Crippen molar-refractivity contribution in [2.45, 2.75) is 6.42 Å². The molecule has 1 aromatic carbocycles. The second-order valence-electron chi connectivity index (χ2n) is 3.28. The minimum atomic E-state index is -0.368. The maximum absolute atomic E-state index is 11.4. The molecule has 0 radical (unpaired) electrons. The van der Waals surface area contributed by atoms with Crippen LogP contribution in [0.25, 0.3) is 0 Å². The van der Waals surface area contributed by atoms with Gasteiger partial charge in [-0.1, -0.05) is 30.3 Å². The lowest BCUT2D eigenvalue weighted by Gasteiger charge is -2.00. The van der Waals surface area contributed by atoms with E-state index in [2.05, 4.69) is 9.72 Å². The smallest absolute Gasteiger partial charge is 0.357 e. The van der Waals surface area contributed by atoms with Gasteiger partial charge in [-0.3, -0.25) is 0 Å². The summed E-state index contributed by atoms with van der Waals surface area (Å²) >= 11 is 1.48. The van der Waals surface area contributed by atoms with Gasteiger partial charge in [-0.15, -0.1) is 11.3 Å². The van der Waals surface area contributed by atoms with E-state index >= 15 is 0 Å². The van der Waals surface area contributed by atoms with Crippen molar-refractivity contribution in [1.82, 2.24) is 4.98 Å². The number of thiazole rings is 1. The number of hydrogen-bond donors (Lipinski definition) is 0. The van der Waals surface area contributed by atoms with Crippen molar-refractivity contribution < 1.29 is 9.53 Å². The third-order valence-corrected chi connectivity index (χ3v) is 3.06. The average Bonchev–Trinajstić information content (AvgIpc) is 2.77. The predicted octanol–water partition coefficient (Wildman–Crippen LogP) is 2.52. The van der Waals surface area contributed by atoms with Crippen molar-refractivity contribution in [3.8, 4) is 0 Å². The molecular formula is C12H11NO2S. The molecule has 2 rings (SSSR count). The van der Waals surface area contributed by atoms with Crippen LogP contribution >= 0.6 is 11.3 Å². The molecule has 0 unspecified atom stereocenters. The number of nitrogens with zero attached hydrogens (tertiary/aromatic N) is 1. The summed E-state index contributed by atoms with van der Waals surface area (Å²) in [5.41, 5.74) is 3.26. The van der Waals surface area contributed by atoms with Gasteiger partial charge in [-0.25, -0.2) is 9.78 Å². The van der Waals surface area contributed by atoms with Crippen LogP contribution in [-0.2, 0) is 11.2 Å². The van der Waals surface area contributed by atoms with Crippen molar-refractivity contribution in [2.24, 2.45) is 0 Å². The molecule has 1 aromatic heterocycles. The van der Waals surface area contributed by atoms with Crippen LogP contribution in [0.1, 0.15) is 20.9 Å². The van der Waals surface area contributed by atoms with E-state index in [9.17, 15) is 4.79 Å². The number of hydrogen-bond acceptors (Lipinski definition) is 4. The first kappa shape index (κ1) is 10.8. The van der Waals surface area contributed by atoms with Crippen LogP contribution in [-0.4, -0.2) is 18.1 Å². The minimum Gasteiger partial charge on any atom is -0.464 e. The normalized spacial score (nSPS) is 10.1. The molecule has 4 heteroatoms. The van der Waals surface area contributed by atoms with Gasteiger partial charge >= 0.3 is 5.97 Å². The van der Waals surface area contributed by atoms with Crippen molar-refractivity contribution in [2.75, 3.05) is 7.11 Å². The summed E-state index contributed by atoms with van der Waals surface area (Å²) in [6.45, 7) is 0. The van der Waals surface area contributed by atoms with Gasteiger partial charge in [-0.05, 0) is 5.56 Å². The molecule has 0 fully saturated rings. The first-order chi connectivity index (χ1) is 7.81. The van der Waals surface area contributed by atoms with Crippen molar-refractivity contribution in [3.05, 3.63) is 52.0 Å². The zero-order valence-electron chi connectivity index (χ0n) is 8.84. The highest BCUT2D eigenvalue weighted by Crippen LogP contribution is 2.18. The fraction of sp³-hybridized carbons (Fsp3) is 0.167. The van der Waals surface area contributed by atoms with Crippen molar-refractivity contribution >= 4 is 17.3 Å². The highest BCUT2D eigenvalue weighted by molar-refractivity contribution is 7.10. The minimum absolute atomic E-state index is 0.368. The maximum Gasteiger partial charge on any atom is 0.357 e. The summed E-state index contributed by atoms with van der Waals surface area (Å²) in [7, 11) is 1.37. The molecule has 0 amide bonds. The molecule has 16 heavy (non-hydrogen) atoms. The zero-order valence-corrected chi connectivity index (χ0v) is 9.66. The Kier molecular flexibility index (Phi) is 3.31. The zero-order chi connectivity index (χ0) is 11.4. The van der Waals surface area contributed by atoms with Gasteiger partial charge < -0.3 is 4.74 Å². The van der Waals surface area contributed by atoms with Crippen LogP contribution in [0.4, 0.5) is 0 Å². The Hall–Kier alpha value is -1.68. The van der Waals surface area contributed by atoms with E-state index in [1.54, 1.807) is 5.51 Å². The highest BCUT2D eigenvalue weighted by Gasteiger charge is 2.15. The number of carbonyl (C=O) groups excluding carboxylic acids is 1. The van der Waals surface area contributed by atoms with Gasteiger partial charge in [0, 0.05) is 11.3 Å². The van der Waals surface area contributed by atoms with Gasteiger partial charge in [0.2, 0.25) is 0 Å². The van der Waals surface area contributed by atoms with Gasteiger partial charge in [0.05, 0.1) is 12.6 Å². The number of esters is 1. The van der Waals surface area contributed by atoms with Crippen LogP contribution < -0.4 is 0 Å². The predicted molar refractivity (Wildman–Crippen MR) is 62.7 cm³/mol. The molecule has 0 saturated carbocycles. The molecule has 0 N–H and O–H groups in total. The van der Waals surface area contributed by atoms with Crippen molar-refractivity contribution in [1.29, 1.82) is 0 Å². The molecule has 0 aliphatic carbocycles. The summed E-state index contributed by atoms with van der Waals surface area (Å²) in [6.07, 6.45) is 0.718.